The number of nitrogens with one attached hydrogen (secondary N) is 1. The van der Waals surface area contributed by atoms with Gasteiger partial charge in [0, 0.05) is 30.3 Å². The van der Waals surface area contributed by atoms with Gasteiger partial charge in [0.25, 0.3) is 0 Å². The second-order valence-electron chi connectivity index (χ2n) is 5.00. The minimum Gasteiger partial charge on any atom is -0.398 e. The summed E-state index contributed by atoms with van der Waals surface area (Å²) >= 11 is 3.24. The van der Waals surface area contributed by atoms with Crippen LogP contribution in [-0.2, 0) is 14.8 Å². The molecular formula is C13H18BrN3O3S. The highest BCUT2D eigenvalue weighted by Gasteiger charge is 2.33. The number of amides is 1. The second-order valence-corrected chi connectivity index (χ2v) is 7.79. The van der Waals surface area contributed by atoms with Crippen molar-refractivity contribution >= 4 is 37.5 Å². The zero-order valence-corrected chi connectivity index (χ0v) is 14.1. The molecule has 1 aromatic carbocycles. The lowest BCUT2D eigenvalue weighted by Gasteiger charge is -2.31. The van der Waals surface area contributed by atoms with Crippen molar-refractivity contribution in [1.82, 2.24) is 9.62 Å². The number of sulfonamides is 1. The van der Waals surface area contributed by atoms with E-state index in [1.807, 2.05) is 0 Å². The number of hydrogen-bond acceptors (Lipinski definition) is 4. The van der Waals surface area contributed by atoms with Gasteiger partial charge in [0.1, 0.15) is 0 Å². The van der Waals surface area contributed by atoms with Crippen LogP contribution in [0.2, 0.25) is 0 Å². The van der Waals surface area contributed by atoms with Gasteiger partial charge in [0.05, 0.1) is 10.8 Å². The maximum Gasteiger partial charge on any atom is 0.243 e. The Balaban J connectivity index is 2.26. The molecule has 116 valence electrons. The normalized spacial score (nSPS) is 20.2. The second kappa shape index (κ2) is 6.33. The van der Waals surface area contributed by atoms with Crippen LogP contribution in [-0.4, -0.2) is 38.8 Å². The molecule has 1 unspecified atom stereocenters. The van der Waals surface area contributed by atoms with Gasteiger partial charge < -0.3 is 11.1 Å². The molecule has 21 heavy (non-hydrogen) atoms. The van der Waals surface area contributed by atoms with Crippen molar-refractivity contribution in [3.05, 3.63) is 22.7 Å². The number of carbonyl (C=O) groups excluding carboxylic acids is 1. The molecule has 1 fully saturated rings. The van der Waals surface area contributed by atoms with Crippen LogP contribution >= 0.6 is 15.9 Å². The molecular weight excluding hydrogens is 358 g/mol. The van der Waals surface area contributed by atoms with Crippen LogP contribution in [0.1, 0.15) is 12.8 Å². The van der Waals surface area contributed by atoms with Gasteiger partial charge in [-0.25, -0.2) is 8.42 Å². The number of nitrogens with two attached hydrogens (primary N) is 1. The number of halogens is 1. The minimum atomic E-state index is -3.61. The topological polar surface area (TPSA) is 92.5 Å². The van der Waals surface area contributed by atoms with Gasteiger partial charge in [-0.15, -0.1) is 0 Å². The molecule has 1 heterocycles. The zero-order valence-electron chi connectivity index (χ0n) is 11.7. The van der Waals surface area contributed by atoms with Gasteiger partial charge in [-0.1, -0.05) is 0 Å². The number of benzene rings is 1. The quantitative estimate of drug-likeness (QED) is 0.775. The molecule has 8 heteroatoms. The molecule has 1 aliphatic heterocycles. The lowest BCUT2D eigenvalue weighted by molar-refractivity contribution is -0.125. The summed E-state index contributed by atoms with van der Waals surface area (Å²) in [4.78, 5) is 11.9. The van der Waals surface area contributed by atoms with Crippen LogP contribution in [0.4, 0.5) is 5.69 Å². The fourth-order valence-corrected chi connectivity index (χ4v) is 4.48. The average Bonchev–Trinajstić information content (AvgIpc) is 2.49. The summed E-state index contributed by atoms with van der Waals surface area (Å²) in [6, 6.07) is 4.53. The van der Waals surface area contributed by atoms with E-state index in [0.29, 0.717) is 29.5 Å². The van der Waals surface area contributed by atoms with Gasteiger partial charge in [0.15, 0.2) is 0 Å². The summed E-state index contributed by atoms with van der Waals surface area (Å²) < 4.78 is 27.2. The van der Waals surface area contributed by atoms with Crippen LogP contribution in [0.15, 0.2) is 27.6 Å². The summed E-state index contributed by atoms with van der Waals surface area (Å²) in [5, 5.41) is 2.58. The highest BCUT2D eigenvalue weighted by atomic mass is 79.9. The van der Waals surface area contributed by atoms with E-state index < -0.39 is 10.0 Å². The molecule has 3 N–H and O–H groups in total. The number of hydrogen-bond donors (Lipinski definition) is 2. The van der Waals surface area contributed by atoms with Gasteiger partial charge in [-0.2, -0.15) is 4.31 Å². The number of nitrogens with zero attached hydrogens (tertiary/aromatic N) is 1. The van der Waals surface area contributed by atoms with E-state index in [-0.39, 0.29) is 23.3 Å². The molecule has 0 radical (unpaired) electrons. The van der Waals surface area contributed by atoms with Crippen LogP contribution in [0.25, 0.3) is 0 Å². The van der Waals surface area contributed by atoms with Crippen LogP contribution in [0.5, 0.6) is 0 Å². The standard InChI is InChI=1S/C13H18BrN3O3S/c1-16-13(18)9-3-2-6-17(8-9)21(19,20)10-4-5-12(15)11(14)7-10/h4-5,7,9H,2-3,6,8,15H2,1H3,(H,16,18). The average molecular weight is 376 g/mol. The first-order valence-electron chi connectivity index (χ1n) is 6.63. The van der Waals surface area contributed by atoms with E-state index in [0.717, 1.165) is 0 Å². The monoisotopic (exact) mass is 375 g/mol. The first-order chi connectivity index (χ1) is 9.86. The Hall–Kier alpha value is -1.12. The molecule has 1 aliphatic rings. The number of carbonyl (C=O) groups is 1. The lowest BCUT2D eigenvalue weighted by atomic mass is 9.99. The van der Waals surface area contributed by atoms with Crippen LogP contribution in [0, 0.1) is 5.92 Å². The van der Waals surface area contributed by atoms with E-state index in [9.17, 15) is 13.2 Å². The lowest BCUT2D eigenvalue weighted by Crippen LogP contribution is -2.44. The summed E-state index contributed by atoms with van der Waals surface area (Å²) in [5.41, 5.74) is 6.16. The predicted molar refractivity (Wildman–Crippen MR) is 84.1 cm³/mol. The van der Waals surface area contributed by atoms with Gasteiger partial charge in [0.2, 0.25) is 15.9 Å². The van der Waals surface area contributed by atoms with E-state index >= 15 is 0 Å². The molecule has 0 spiro atoms. The van der Waals surface area contributed by atoms with Crippen LogP contribution in [0.3, 0.4) is 0 Å². The maximum absolute atomic E-state index is 12.6. The molecule has 1 aromatic rings. The minimum absolute atomic E-state index is 0.117. The van der Waals surface area contributed by atoms with Crippen LogP contribution < -0.4 is 11.1 Å². The first-order valence-corrected chi connectivity index (χ1v) is 8.86. The third-order valence-electron chi connectivity index (χ3n) is 3.61. The Morgan fingerprint density at radius 1 is 1.48 bits per heavy atom. The maximum atomic E-state index is 12.6. The smallest absolute Gasteiger partial charge is 0.243 e. The summed E-state index contributed by atoms with van der Waals surface area (Å²) in [7, 11) is -2.05. The molecule has 0 saturated carbocycles. The number of anilines is 1. The first kappa shape index (κ1) is 16.3. The van der Waals surface area contributed by atoms with E-state index in [2.05, 4.69) is 21.2 Å². The Kier molecular flexibility index (Phi) is 4.90. The summed E-state index contributed by atoms with van der Waals surface area (Å²) in [5.74, 6) is -0.413. The predicted octanol–water partition coefficient (Wildman–Crippen LogP) is 1.18. The zero-order chi connectivity index (χ0) is 15.6. The highest BCUT2D eigenvalue weighted by molar-refractivity contribution is 9.10. The number of rotatable bonds is 3. The fraction of sp³-hybridized carbons (Fsp3) is 0.462. The molecule has 2 rings (SSSR count). The van der Waals surface area contributed by atoms with E-state index in [1.54, 1.807) is 13.1 Å². The van der Waals surface area contributed by atoms with E-state index in [1.165, 1.54) is 16.4 Å². The molecule has 0 bridgehead atoms. The molecule has 1 amide bonds. The van der Waals surface area contributed by atoms with Crippen molar-refractivity contribution in [2.75, 3.05) is 25.9 Å². The van der Waals surface area contributed by atoms with E-state index in [4.69, 9.17) is 5.73 Å². The van der Waals surface area contributed by atoms with Gasteiger partial charge >= 0.3 is 0 Å². The molecule has 1 atom stereocenters. The Labute approximate surface area is 132 Å². The molecule has 6 nitrogen and oxygen atoms in total. The van der Waals surface area contributed by atoms with Crippen molar-refractivity contribution in [2.45, 2.75) is 17.7 Å². The van der Waals surface area contributed by atoms with Crippen molar-refractivity contribution in [3.8, 4) is 0 Å². The van der Waals surface area contributed by atoms with Gasteiger partial charge in [-0.3, -0.25) is 4.79 Å². The summed E-state index contributed by atoms with van der Waals surface area (Å²) in [6.07, 6.45) is 1.38. The number of piperidine rings is 1. The molecule has 1 saturated heterocycles. The molecule has 0 aliphatic carbocycles. The van der Waals surface area contributed by atoms with Crippen molar-refractivity contribution in [2.24, 2.45) is 5.92 Å². The number of nitrogen functional groups attached to an aromatic ring is 1. The Morgan fingerprint density at radius 2 is 2.19 bits per heavy atom. The van der Waals surface area contributed by atoms with Crippen molar-refractivity contribution in [3.63, 3.8) is 0 Å². The Bertz CT molecular complexity index is 648. The Morgan fingerprint density at radius 3 is 2.81 bits per heavy atom. The van der Waals surface area contributed by atoms with Gasteiger partial charge in [-0.05, 0) is 47.0 Å². The fourth-order valence-electron chi connectivity index (χ4n) is 2.40. The molecule has 0 aromatic heterocycles. The highest BCUT2D eigenvalue weighted by Crippen LogP contribution is 2.28. The van der Waals surface area contributed by atoms with Crippen molar-refractivity contribution < 1.29 is 13.2 Å². The summed E-state index contributed by atoms with van der Waals surface area (Å²) in [6.45, 7) is 0.641. The SMILES string of the molecule is CNC(=O)C1CCCN(S(=O)(=O)c2ccc(N)c(Br)c2)C1. The largest absolute Gasteiger partial charge is 0.398 e. The van der Waals surface area contributed by atoms with Crippen molar-refractivity contribution in [1.29, 1.82) is 0 Å². The third kappa shape index (κ3) is 3.38. The third-order valence-corrected chi connectivity index (χ3v) is 6.16.